The monoisotopic (exact) mass is 1120 g/mol. The third-order valence-electron chi connectivity index (χ3n) is 11.8. The van der Waals surface area contributed by atoms with E-state index in [1.54, 1.807) is 44.3 Å². The van der Waals surface area contributed by atoms with Crippen LogP contribution in [-0.2, 0) is 56.0 Å². The standard InChI is InChI=1S/C47H74N16O12S2/c1-24(2)14-32(41(69)60-34(16-26-18-52-23-55-26)43(71)62-36(20-65)45(73)63-37(22-77)46(74)75)58-40(68)31(11-7-13-53-47(50)51)57-44(72)35(19-64)61-42(70)33(15-25-17-54-29-9-4-3-8-27(25)29)59-39(67)30(10-5-6-12-48)56-38(66)28(49)21-76/h3-4,8-9,17-18,23-24,28,30-37,54,64-65,76-77H,5-7,10-16,19-22,48-49H2,1-2H3,(H,52,55)(H,56,66)(H,57,72)(H,58,68)(H,59,67)(H,60,69)(H,61,70)(H,62,71)(H,63,73)(H,74,75)(H4,50,51,53)/t28-,30-,31-,32-,33-,34-,35-,36-,37-/m0/s1. The van der Waals surface area contributed by atoms with E-state index in [-0.39, 0.29) is 68.5 Å². The molecule has 0 aliphatic carbocycles. The first-order chi connectivity index (χ1) is 36.7. The van der Waals surface area contributed by atoms with E-state index in [4.69, 9.17) is 22.9 Å². The zero-order valence-corrected chi connectivity index (χ0v) is 44.6. The first-order valence-electron chi connectivity index (χ1n) is 24.8. The van der Waals surface area contributed by atoms with Gasteiger partial charge in [0, 0.05) is 59.9 Å². The number of carboxylic acid groups (broad SMARTS) is 1. The Morgan fingerprint density at radius 3 is 1.65 bits per heavy atom. The van der Waals surface area contributed by atoms with Crippen LogP contribution < -0.4 is 65.5 Å². The molecule has 0 bridgehead atoms. The molecule has 426 valence electrons. The number of carbonyl (C=O) groups is 9. The Morgan fingerprint density at radius 1 is 0.636 bits per heavy atom. The third kappa shape index (κ3) is 21.5. The number of imidazole rings is 1. The molecule has 2 heterocycles. The fraction of sp³-hybridized carbons (Fsp3) is 0.553. The number of aliphatic imine (C=N–C) groups is 1. The van der Waals surface area contributed by atoms with Crippen molar-refractivity contribution in [3.8, 4) is 0 Å². The summed E-state index contributed by atoms with van der Waals surface area (Å²) in [5, 5.41) is 50.6. The summed E-state index contributed by atoms with van der Waals surface area (Å²) < 4.78 is 0. The minimum absolute atomic E-state index is 0.00955. The smallest absolute Gasteiger partial charge is 0.327 e. The van der Waals surface area contributed by atoms with Crippen LogP contribution >= 0.6 is 25.3 Å². The summed E-state index contributed by atoms with van der Waals surface area (Å²) in [6, 6.07) is -5.66. The number of guanidine groups is 1. The molecule has 0 aliphatic heterocycles. The van der Waals surface area contributed by atoms with Gasteiger partial charge in [-0.3, -0.25) is 43.3 Å². The zero-order valence-electron chi connectivity index (χ0n) is 42.8. The molecule has 9 atom stereocenters. The summed E-state index contributed by atoms with van der Waals surface area (Å²) in [6.45, 7) is 1.83. The van der Waals surface area contributed by atoms with E-state index in [1.165, 1.54) is 12.5 Å². The fourth-order valence-corrected chi connectivity index (χ4v) is 8.05. The third-order valence-corrected chi connectivity index (χ3v) is 12.6. The zero-order chi connectivity index (χ0) is 57.2. The van der Waals surface area contributed by atoms with Crippen molar-refractivity contribution < 1.29 is 58.5 Å². The Morgan fingerprint density at radius 2 is 1.13 bits per heavy atom. The number of nitrogens with two attached hydrogens (primary N) is 4. The molecular weight excluding hydrogens is 1040 g/mol. The molecule has 0 unspecified atom stereocenters. The summed E-state index contributed by atoms with van der Waals surface area (Å²) in [5.41, 5.74) is 24.3. The Bertz CT molecular complexity index is 2460. The number of fused-ring (bicyclic) bond motifs is 1. The molecule has 30 heteroatoms. The number of amides is 8. The van der Waals surface area contributed by atoms with E-state index in [1.807, 2.05) is 0 Å². The molecule has 21 N–H and O–H groups in total. The number of carboxylic acids is 1. The molecule has 77 heavy (non-hydrogen) atoms. The van der Waals surface area contributed by atoms with Gasteiger partial charge in [0.25, 0.3) is 0 Å². The lowest BCUT2D eigenvalue weighted by molar-refractivity contribution is -0.142. The molecular formula is C47H74N16O12S2. The largest absolute Gasteiger partial charge is 0.480 e. The lowest BCUT2D eigenvalue weighted by atomic mass is 10.0. The van der Waals surface area contributed by atoms with Crippen molar-refractivity contribution in [2.75, 3.05) is 37.8 Å². The van der Waals surface area contributed by atoms with Crippen LogP contribution in [0.3, 0.4) is 0 Å². The topological polar surface area (TPSA) is 471 Å². The highest BCUT2D eigenvalue weighted by Crippen LogP contribution is 2.20. The summed E-state index contributed by atoms with van der Waals surface area (Å²) >= 11 is 7.99. The molecule has 1 aromatic carbocycles. The van der Waals surface area contributed by atoms with E-state index < -0.39 is 121 Å². The molecule has 0 saturated carbocycles. The minimum Gasteiger partial charge on any atom is -0.480 e. The maximum absolute atomic E-state index is 14.3. The molecule has 3 aromatic rings. The van der Waals surface area contributed by atoms with Crippen LogP contribution in [0.15, 0.2) is 48.0 Å². The number of benzene rings is 1. The Balaban J connectivity index is 1.93. The van der Waals surface area contributed by atoms with Crippen LogP contribution in [0.5, 0.6) is 0 Å². The van der Waals surface area contributed by atoms with Crippen molar-refractivity contribution in [2.45, 2.75) is 120 Å². The number of nitrogens with zero attached hydrogens (tertiary/aromatic N) is 2. The van der Waals surface area contributed by atoms with Crippen LogP contribution in [0.4, 0.5) is 0 Å². The predicted molar refractivity (Wildman–Crippen MR) is 289 cm³/mol. The Hall–Kier alpha value is -6.99. The maximum atomic E-state index is 14.3. The van der Waals surface area contributed by atoms with Crippen molar-refractivity contribution in [3.05, 3.63) is 54.2 Å². The lowest BCUT2D eigenvalue weighted by Gasteiger charge is -2.28. The summed E-state index contributed by atoms with van der Waals surface area (Å²) in [4.78, 5) is 136. The number of aliphatic hydroxyl groups is 2. The van der Waals surface area contributed by atoms with Crippen molar-refractivity contribution in [3.63, 3.8) is 0 Å². The number of unbranched alkanes of at least 4 members (excludes halogenated alkanes) is 1. The average Bonchev–Trinajstić information content (AvgIpc) is 4.08. The van der Waals surface area contributed by atoms with Crippen LogP contribution in [0.1, 0.15) is 63.6 Å². The Labute approximate surface area is 455 Å². The predicted octanol–water partition coefficient (Wildman–Crippen LogP) is -4.96. The van der Waals surface area contributed by atoms with E-state index in [0.29, 0.717) is 30.6 Å². The van der Waals surface area contributed by atoms with Gasteiger partial charge in [0.15, 0.2) is 5.96 Å². The number of aliphatic hydroxyl groups excluding tert-OH is 2. The molecule has 0 radical (unpaired) electrons. The van der Waals surface area contributed by atoms with E-state index in [0.717, 1.165) is 10.9 Å². The van der Waals surface area contributed by atoms with Gasteiger partial charge in [0.1, 0.15) is 48.3 Å². The van der Waals surface area contributed by atoms with Gasteiger partial charge in [0.05, 0.1) is 25.6 Å². The van der Waals surface area contributed by atoms with Gasteiger partial charge >= 0.3 is 5.97 Å². The SMILES string of the molecule is CC(C)C[C@H](NC(=O)[C@H](CCCN=C(N)N)NC(=O)[C@H](CO)NC(=O)[C@H](Cc1c[nH]c2ccccc12)NC(=O)[C@H](CCCCN)NC(=O)[C@@H](N)CS)C(=O)N[C@@H](Cc1cnc[nH]1)C(=O)N[C@@H](CO)C(=O)N[C@@H](CS)C(=O)O. The number of hydrogen-bond acceptors (Lipinski definition) is 17. The van der Waals surface area contributed by atoms with E-state index in [9.17, 15) is 58.5 Å². The number of aromatic nitrogens is 3. The number of H-pyrrole nitrogens is 2. The van der Waals surface area contributed by atoms with Crippen LogP contribution in [-0.4, -0.2) is 182 Å². The van der Waals surface area contributed by atoms with Crippen LogP contribution in [0.2, 0.25) is 0 Å². The highest BCUT2D eigenvalue weighted by Gasteiger charge is 2.35. The fourth-order valence-electron chi connectivity index (χ4n) is 7.63. The molecule has 3 rings (SSSR count). The minimum atomic E-state index is -1.74. The Kier molecular flexibility index (Phi) is 27.7. The maximum Gasteiger partial charge on any atom is 0.327 e. The van der Waals surface area contributed by atoms with Gasteiger partial charge in [-0.05, 0) is 62.6 Å². The van der Waals surface area contributed by atoms with Gasteiger partial charge in [-0.15, -0.1) is 0 Å². The first kappa shape index (κ1) is 64.3. The molecule has 28 nitrogen and oxygen atoms in total. The van der Waals surface area contributed by atoms with Gasteiger partial charge in [-0.2, -0.15) is 25.3 Å². The summed E-state index contributed by atoms with van der Waals surface area (Å²) in [7, 11) is 0. The van der Waals surface area contributed by atoms with Crippen LogP contribution in [0, 0.1) is 5.92 Å². The number of aromatic amines is 2. The van der Waals surface area contributed by atoms with Crippen molar-refractivity contribution in [1.29, 1.82) is 0 Å². The summed E-state index contributed by atoms with van der Waals surface area (Å²) in [6.07, 6.45) is 4.92. The quantitative estimate of drug-likeness (QED) is 0.0114. The van der Waals surface area contributed by atoms with Crippen molar-refractivity contribution in [2.24, 2.45) is 33.8 Å². The molecule has 0 fully saturated rings. The molecule has 0 spiro atoms. The second kappa shape index (κ2) is 33.2. The van der Waals surface area contributed by atoms with Gasteiger partial charge < -0.3 is 90.8 Å². The second-order valence-corrected chi connectivity index (χ2v) is 19.1. The van der Waals surface area contributed by atoms with E-state index in [2.05, 4.69) is 87.7 Å². The number of aliphatic carboxylic acids is 1. The molecule has 0 aliphatic rings. The first-order valence-corrected chi connectivity index (χ1v) is 26.0. The molecule has 0 saturated heterocycles. The average molecular weight is 1120 g/mol. The van der Waals surface area contributed by atoms with E-state index >= 15 is 0 Å². The van der Waals surface area contributed by atoms with Crippen LogP contribution in [0.25, 0.3) is 10.9 Å². The number of thiol groups is 2. The summed E-state index contributed by atoms with van der Waals surface area (Å²) in [5.74, 6) is -9.51. The number of rotatable bonds is 35. The second-order valence-electron chi connectivity index (χ2n) is 18.4. The number of para-hydroxylation sites is 1. The molecule has 8 amide bonds. The van der Waals surface area contributed by atoms with Crippen molar-refractivity contribution in [1.82, 2.24) is 57.5 Å². The number of hydrogen-bond donors (Lipinski definition) is 19. The van der Waals surface area contributed by atoms with Gasteiger partial charge in [-0.1, -0.05) is 32.0 Å². The highest BCUT2D eigenvalue weighted by molar-refractivity contribution is 7.80. The number of nitrogens with one attached hydrogen (secondary N) is 10. The van der Waals surface area contributed by atoms with Gasteiger partial charge in [-0.25, -0.2) is 9.78 Å². The number of carbonyl (C=O) groups excluding carboxylic acids is 8. The lowest BCUT2D eigenvalue weighted by Crippen LogP contribution is -2.61. The molecule has 2 aromatic heterocycles. The normalized spacial score (nSPS) is 14.7. The van der Waals surface area contributed by atoms with Gasteiger partial charge in [0.2, 0.25) is 47.3 Å². The van der Waals surface area contributed by atoms with Crippen molar-refractivity contribution >= 4 is 95.3 Å². The highest BCUT2D eigenvalue weighted by atomic mass is 32.1.